The molecule has 98 valence electrons. The van der Waals surface area contributed by atoms with E-state index in [-0.39, 0.29) is 0 Å². The number of thiophene rings is 1. The summed E-state index contributed by atoms with van der Waals surface area (Å²) in [6, 6.07) is 13.6. The molecule has 0 saturated heterocycles. The molecule has 0 aliphatic rings. The van der Waals surface area contributed by atoms with E-state index in [0.717, 1.165) is 0 Å². The first-order chi connectivity index (χ1) is 9.24. The van der Waals surface area contributed by atoms with Crippen molar-refractivity contribution in [3.8, 4) is 0 Å². The topological polar surface area (TPSA) is 0 Å². The highest BCUT2D eigenvalue weighted by Crippen LogP contribution is 2.46. The maximum Gasteiger partial charge on any atom is 0.184 e. The summed E-state index contributed by atoms with van der Waals surface area (Å²) in [5, 5.41) is 2.97. The zero-order valence-corrected chi connectivity index (χ0v) is 12.8. The van der Waals surface area contributed by atoms with Gasteiger partial charge in [0.1, 0.15) is 5.75 Å². The van der Waals surface area contributed by atoms with E-state index in [1.54, 1.807) is 9.40 Å². The minimum atomic E-state index is 0.300. The average Bonchev–Trinajstić information content (AvgIpc) is 2.73. The van der Waals surface area contributed by atoms with Gasteiger partial charge in [0.25, 0.3) is 0 Å². The summed E-state index contributed by atoms with van der Waals surface area (Å²) in [5.74, 6) is 1.31. The van der Waals surface area contributed by atoms with Gasteiger partial charge in [0.2, 0.25) is 0 Å². The van der Waals surface area contributed by atoms with Crippen LogP contribution in [0.1, 0.15) is 30.9 Å². The summed E-state index contributed by atoms with van der Waals surface area (Å²) >= 11 is 0. The lowest BCUT2D eigenvalue weighted by atomic mass is 10.1. The quantitative estimate of drug-likeness (QED) is 0.499. The van der Waals surface area contributed by atoms with E-state index in [2.05, 4.69) is 57.2 Å². The summed E-state index contributed by atoms with van der Waals surface area (Å²) < 4.78 is 3.22. The number of hydrogen-bond acceptors (Lipinski definition) is 0. The van der Waals surface area contributed by atoms with Crippen LogP contribution in [-0.4, -0.2) is 0 Å². The minimum absolute atomic E-state index is 0.300. The van der Waals surface area contributed by atoms with Gasteiger partial charge in [0.15, 0.2) is 9.40 Å². The first-order valence-corrected chi connectivity index (χ1v) is 8.54. The predicted molar refractivity (Wildman–Crippen MR) is 88.3 cm³/mol. The summed E-state index contributed by atoms with van der Waals surface area (Å²) in [6.07, 6.45) is 2.61. The van der Waals surface area contributed by atoms with Crippen LogP contribution < -0.4 is 0 Å². The van der Waals surface area contributed by atoms with Crippen molar-refractivity contribution < 1.29 is 0 Å². The Bertz CT molecular complexity index is 675. The van der Waals surface area contributed by atoms with E-state index in [4.69, 9.17) is 0 Å². The molecule has 0 unspecified atom stereocenters. The molecular formula is C18H21S+. The lowest BCUT2D eigenvalue weighted by molar-refractivity contribution is 0.854. The molecule has 0 atom stereocenters. The Hall–Kier alpha value is -1.34. The Morgan fingerprint density at radius 1 is 0.842 bits per heavy atom. The van der Waals surface area contributed by atoms with Gasteiger partial charge in [-0.3, -0.25) is 0 Å². The number of aryl methyl sites for hydroxylation is 3. The Labute approximate surface area is 118 Å². The highest BCUT2D eigenvalue weighted by molar-refractivity contribution is 7.42. The van der Waals surface area contributed by atoms with Gasteiger partial charge in [-0.25, -0.2) is 0 Å². The highest BCUT2D eigenvalue weighted by Gasteiger charge is 2.23. The van der Waals surface area contributed by atoms with Gasteiger partial charge < -0.3 is 0 Å². The third kappa shape index (κ3) is 1.97. The highest BCUT2D eigenvalue weighted by atomic mass is 32.2. The molecule has 0 fully saturated rings. The van der Waals surface area contributed by atoms with Crippen LogP contribution in [0.4, 0.5) is 0 Å². The van der Waals surface area contributed by atoms with Gasteiger partial charge in [-0.1, -0.05) is 37.6 Å². The Morgan fingerprint density at radius 2 is 1.37 bits per heavy atom. The summed E-state index contributed by atoms with van der Waals surface area (Å²) in [5.41, 5.74) is 2.93. The van der Waals surface area contributed by atoms with E-state index in [9.17, 15) is 0 Å². The normalized spacial score (nSPS) is 11.5. The first-order valence-electron chi connectivity index (χ1n) is 7.14. The van der Waals surface area contributed by atoms with Crippen molar-refractivity contribution in [3.05, 3.63) is 47.5 Å². The molecule has 19 heavy (non-hydrogen) atoms. The predicted octanol–water partition coefficient (Wildman–Crippen LogP) is 6.16. The molecule has 1 heterocycles. The van der Waals surface area contributed by atoms with Crippen LogP contribution in [0.25, 0.3) is 20.2 Å². The number of rotatable bonds is 3. The number of benzene rings is 2. The molecule has 0 nitrogen and oxygen atoms in total. The van der Waals surface area contributed by atoms with Gasteiger partial charge in [-0.15, -0.1) is 0 Å². The van der Waals surface area contributed by atoms with E-state index < -0.39 is 0 Å². The molecular weight excluding hydrogens is 248 g/mol. The van der Waals surface area contributed by atoms with E-state index in [0.29, 0.717) is 10.5 Å². The van der Waals surface area contributed by atoms with E-state index in [1.165, 1.54) is 40.5 Å². The molecule has 0 spiro atoms. The van der Waals surface area contributed by atoms with Crippen LogP contribution in [0.15, 0.2) is 36.4 Å². The van der Waals surface area contributed by atoms with Crippen LogP contribution in [-0.2, 0) is 5.75 Å². The Kier molecular flexibility index (Phi) is 3.32. The summed E-state index contributed by atoms with van der Waals surface area (Å²) in [7, 11) is 0.300. The molecule has 0 bridgehead atoms. The fraction of sp³-hybridized carbons (Fsp3) is 0.333. The molecule has 1 heteroatoms. The van der Waals surface area contributed by atoms with Gasteiger partial charge in [-0.05, 0) is 42.9 Å². The molecule has 0 saturated carbocycles. The summed E-state index contributed by atoms with van der Waals surface area (Å²) in [4.78, 5) is 0. The smallest absolute Gasteiger partial charge is 0.0652 e. The third-order valence-electron chi connectivity index (χ3n) is 3.91. The van der Waals surface area contributed by atoms with Crippen molar-refractivity contribution in [2.75, 3.05) is 0 Å². The fourth-order valence-corrected chi connectivity index (χ4v) is 5.97. The number of unbranched alkanes of at least 4 members (excludes halogenated alkanes) is 1. The maximum atomic E-state index is 2.31. The molecule has 3 rings (SSSR count). The molecule has 0 amide bonds. The molecule has 3 aromatic rings. The van der Waals surface area contributed by atoms with Crippen LogP contribution in [0.5, 0.6) is 0 Å². The lowest BCUT2D eigenvalue weighted by Crippen LogP contribution is -1.78. The maximum absolute atomic E-state index is 2.31. The molecule has 0 N–H and O–H groups in total. The SMILES string of the molecule is CCCC[s+]1c2c(C)cccc2c2cccc(C)c21. The minimum Gasteiger partial charge on any atom is -0.0652 e. The molecule has 2 aromatic carbocycles. The van der Waals surface area contributed by atoms with Crippen LogP contribution in [0.2, 0.25) is 0 Å². The van der Waals surface area contributed by atoms with E-state index in [1.807, 2.05) is 0 Å². The molecule has 0 aliphatic carbocycles. The first kappa shape index (κ1) is 12.7. The van der Waals surface area contributed by atoms with E-state index >= 15 is 0 Å². The largest absolute Gasteiger partial charge is 0.184 e. The van der Waals surface area contributed by atoms with Crippen molar-refractivity contribution in [1.29, 1.82) is 0 Å². The zero-order chi connectivity index (χ0) is 13.4. The zero-order valence-electron chi connectivity index (χ0n) is 12.0. The standard InChI is InChI=1S/C18H21S/c1-4-5-12-19-17-13(2)8-6-10-15(17)16-11-7-9-14(3)18(16)19/h6-11H,4-5,12H2,1-3H3/q+1. The number of hydrogen-bond donors (Lipinski definition) is 0. The van der Waals surface area contributed by atoms with Gasteiger partial charge in [0, 0.05) is 21.9 Å². The fourth-order valence-electron chi connectivity index (χ4n) is 2.98. The average molecular weight is 269 g/mol. The Balaban J connectivity index is 2.45. The van der Waals surface area contributed by atoms with Crippen LogP contribution >= 0.6 is 10.5 Å². The molecule has 1 aromatic heterocycles. The van der Waals surface area contributed by atoms with Gasteiger partial charge in [0.05, 0.1) is 0 Å². The molecule has 0 aliphatic heterocycles. The van der Waals surface area contributed by atoms with Crippen molar-refractivity contribution >= 4 is 30.6 Å². The number of fused-ring (bicyclic) bond motifs is 3. The summed E-state index contributed by atoms with van der Waals surface area (Å²) in [6.45, 7) is 6.83. The van der Waals surface area contributed by atoms with Gasteiger partial charge >= 0.3 is 0 Å². The van der Waals surface area contributed by atoms with Crippen molar-refractivity contribution in [1.82, 2.24) is 0 Å². The van der Waals surface area contributed by atoms with Crippen molar-refractivity contribution in [3.63, 3.8) is 0 Å². The van der Waals surface area contributed by atoms with Crippen molar-refractivity contribution in [2.24, 2.45) is 0 Å². The monoisotopic (exact) mass is 269 g/mol. The Morgan fingerprint density at radius 3 is 1.84 bits per heavy atom. The lowest BCUT2D eigenvalue weighted by Gasteiger charge is -1.96. The second kappa shape index (κ2) is 4.97. The second-order valence-corrected chi connectivity index (χ2v) is 7.36. The third-order valence-corrected chi connectivity index (χ3v) is 6.68. The molecule has 0 radical (unpaired) electrons. The second-order valence-electron chi connectivity index (χ2n) is 5.35. The van der Waals surface area contributed by atoms with Crippen LogP contribution in [0.3, 0.4) is 0 Å². The van der Waals surface area contributed by atoms with Gasteiger partial charge in [-0.2, -0.15) is 0 Å². The van der Waals surface area contributed by atoms with Crippen molar-refractivity contribution in [2.45, 2.75) is 39.4 Å². The van der Waals surface area contributed by atoms with Crippen LogP contribution in [0, 0.1) is 13.8 Å².